The number of hydrogen-bond donors (Lipinski definition) is 1. The molecule has 0 aliphatic rings. The topological polar surface area (TPSA) is 114 Å². The summed E-state index contributed by atoms with van der Waals surface area (Å²) in [6.07, 6.45) is 83.4. The van der Waals surface area contributed by atoms with Gasteiger partial charge in [-0.2, -0.15) is 0 Å². The fraction of sp³-hybridized carbons (Fsp3) is 0.722. The number of nitrogens with zero attached hydrogens (tertiary/aromatic N) is 1. The Kier molecular flexibility index (Phi) is 58.3. The predicted molar refractivity (Wildman–Crippen MR) is 353 cm³/mol. The molecule has 3 atom stereocenters. The Morgan fingerprint density at radius 1 is 0.427 bits per heavy atom. The molecule has 0 saturated heterocycles. The van der Waals surface area contributed by atoms with E-state index in [1.54, 1.807) is 0 Å². The molecule has 0 rings (SSSR count). The number of likely N-dealkylation sites (N-methyl/N-ethyl adjacent to an activating group) is 1. The van der Waals surface area contributed by atoms with Gasteiger partial charge in [0.1, 0.15) is 19.3 Å². The van der Waals surface area contributed by atoms with Crippen LogP contribution in [-0.4, -0.2) is 69.4 Å². The van der Waals surface area contributed by atoms with E-state index in [1.807, 2.05) is 33.3 Å². The zero-order chi connectivity index (χ0) is 60.0. The number of allylic oxidation sites excluding steroid dienone is 17. The van der Waals surface area contributed by atoms with Gasteiger partial charge in [-0.15, -0.1) is 0 Å². The minimum absolute atomic E-state index is 0.0336. The van der Waals surface area contributed by atoms with E-state index in [9.17, 15) is 19.0 Å². The van der Waals surface area contributed by atoms with E-state index in [1.165, 1.54) is 122 Å². The molecule has 0 heterocycles. The summed E-state index contributed by atoms with van der Waals surface area (Å²) in [4.78, 5) is 40.1. The third kappa shape index (κ3) is 61.2. The third-order valence-electron chi connectivity index (χ3n) is 14.4. The lowest BCUT2D eigenvalue weighted by Crippen LogP contribution is -2.47. The molecule has 0 aromatic carbocycles. The summed E-state index contributed by atoms with van der Waals surface area (Å²) >= 11 is 0. The standard InChI is InChI=1S/C72H127N2O7P/c1-7-10-13-16-19-22-25-28-30-32-34-36-37-39-41-43-45-47-50-53-56-59-62-65-72(76)81-70(63-60-57-54-51-48-27-24-21-18-15-12-9-3)69(68-80-82(77,78)79-67-66-74(4,5)6)73-71(75)64-61-58-55-52-49-46-44-42-40-38-35-33-31-29-26-23-20-17-14-11-8-2/h19-20,22-23,28-31,34-36,38-39,41-42,44,60,63,69-70H,7-18,21,24-27,32-33,37,40,43,45-59,61-62,64-68H2,1-6H3,(H-,73,75,77,78)/b22-19-,23-20-,30-28-,31-29-,36-34-,38-35-,41-39-,44-42-,63-60+. The van der Waals surface area contributed by atoms with Gasteiger partial charge in [-0.25, -0.2) is 0 Å². The fourth-order valence-electron chi connectivity index (χ4n) is 9.19. The average Bonchev–Trinajstić information content (AvgIpc) is 3.44. The van der Waals surface area contributed by atoms with Crippen LogP contribution in [0.25, 0.3) is 0 Å². The Labute approximate surface area is 506 Å². The van der Waals surface area contributed by atoms with Crippen LogP contribution < -0.4 is 10.2 Å². The molecule has 0 aromatic rings. The van der Waals surface area contributed by atoms with Crippen LogP contribution >= 0.6 is 7.82 Å². The van der Waals surface area contributed by atoms with E-state index in [0.717, 1.165) is 116 Å². The largest absolute Gasteiger partial charge is 0.756 e. The average molecular weight is 1160 g/mol. The zero-order valence-corrected chi connectivity index (χ0v) is 54.8. The first-order chi connectivity index (χ1) is 39.9. The lowest BCUT2D eigenvalue weighted by Gasteiger charge is -2.30. The van der Waals surface area contributed by atoms with E-state index in [-0.39, 0.29) is 31.3 Å². The number of unbranched alkanes of at least 4 members (excludes halogenated alkanes) is 28. The summed E-state index contributed by atoms with van der Waals surface area (Å²) in [6.45, 7) is 6.76. The number of phosphoric acid groups is 1. The number of carbonyl (C=O) groups excluding carboxylic acids is 2. The molecular weight excluding hydrogens is 1040 g/mol. The molecule has 1 N–H and O–H groups in total. The van der Waals surface area contributed by atoms with Crippen LogP contribution in [0.15, 0.2) is 109 Å². The first kappa shape index (κ1) is 78.7. The van der Waals surface area contributed by atoms with Crippen molar-refractivity contribution in [1.82, 2.24) is 5.32 Å². The van der Waals surface area contributed by atoms with Crippen molar-refractivity contribution in [2.24, 2.45) is 0 Å². The first-order valence-electron chi connectivity index (χ1n) is 33.7. The van der Waals surface area contributed by atoms with Crippen LogP contribution in [0.3, 0.4) is 0 Å². The maximum atomic E-state index is 13.6. The lowest BCUT2D eigenvalue weighted by atomic mass is 10.0. The smallest absolute Gasteiger partial charge is 0.306 e. The molecule has 0 saturated carbocycles. The molecular formula is C72H127N2O7P. The maximum Gasteiger partial charge on any atom is 0.306 e. The highest BCUT2D eigenvalue weighted by molar-refractivity contribution is 7.45. The molecule has 0 fully saturated rings. The van der Waals surface area contributed by atoms with Crippen LogP contribution in [0.4, 0.5) is 0 Å². The van der Waals surface area contributed by atoms with Gasteiger partial charge in [-0.3, -0.25) is 14.2 Å². The second kappa shape index (κ2) is 60.8. The molecule has 0 bridgehead atoms. The number of nitrogens with one attached hydrogen (secondary N) is 1. The van der Waals surface area contributed by atoms with E-state index in [4.69, 9.17) is 13.8 Å². The molecule has 0 aromatic heterocycles. The number of rotatable bonds is 60. The highest BCUT2D eigenvalue weighted by Gasteiger charge is 2.27. The SMILES string of the molecule is CCCCC/C=C\C/C=C\C/C=C\C/C=C\CCCCCCCCCC(=O)OC(/C=C/CCCCCCCCCCCC)C(COP(=O)([O-])OCC[N+](C)(C)C)NC(=O)CCCCCCC/C=C\C/C=C\C/C=C\C/C=C\CCCCC. The van der Waals surface area contributed by atoms with Crippen molar-refractivity contribution in [3.05, 3.63) is 109 Å². The lowest BCUT2D eigenvalue weighted by molar-refractivity contribution is -0.870. The number of esters is 1. The molecule has 3 unspecified atom stereocenters. The van der Waals surface area contributed by atoms with Crippen molar-refractivity contribution in [3.8, 4) is 0 Å². The van der Waals surface area contributed by atoms with Crippen LogP contribution in [0.2, 0.25) is 0 Å². The molecule has 0 aliphatic heterocycles. The number of quaternary nitrogens is 1. The van der Waals surface area contributed by atoms with Crippen molar-refractivity contribution in [2.45, 2.75) is 296 Å². The first-order valence-corrected chi connectivity index (χ1v) is 35.2. The zero-order valence-electron chi connectivity index (χ0n) is 53.9. The predicted octanol–water partition coefficient (Wildman–Crippen LogP) is 20.7. The maximum absolute atomic E-state index is 13.6. The molecule has 0 aliphatic carbocycles. The Morgan fingerprint density at radius 2 is 0.744 bits per heavy atom. The van der Waals surface area contributed by atoms with Crippen LogP contribution in [-0.2, 0) is 27.9 Å². The van der Waals surface area contributed by atoms with E-state index < -0.39 is 26.6 Å². The Morgan fingerprint density at radius 3 is 1.13 bits per heavy atom. The summed E-state index contributed by atoms with van der Waals surface area (Å²) in [6, 6.07) is -0.911. The van der Waals surface area contributed by atoms with Gasteiger partial charge in [0.2, 0.25) is 5.91 Å². The Bertz CT molecular complexity index is 1770. The third-order valence-corrected chi connectivity index (χ3v) is 15.4. The van der Waals surface area contributed by atoms with Gasteiger partial charge in [0.15, 0.2) is 0 Å². The highest BCUT2D eigenvalue weighted by Crippen LogP contribution is 2.38. The van der Waals surface area contributed by atoms with E-state index in [0.29, 0.717) is 23.9 Å². The number of ether oxygens (including phenoxy) is 1. The van der Waals surface area contributed by atoms with Gasteiger partial charge >= 0.3 is 5.97 Å². The Balaban J connectivity index is 5.24. The minimum Gasteiger partial charge on any atom is -0.756 e. The van der Waals surface area contributed by atoms with Crippen LogP contribution in [0, 0.1) is 0 Å². The summed E-state index contributed by atoms with van der Waals surface area (Å²) in [5, 5.41) is 3.02. The van der Waals surface area contributed by atoms with E-state index >= 15 is 0 Å². The van der Waals surface area contributed by atoms with Gasteiger partial charge in [0.25, 0.3) is 7.82 Å². The highest BCUT2D eigenvalue weighted by atomic mass is 31.2. The monoisotopic (exact) mass is 1160 g/mol. The summed E-state index contributed by atoms with van der Waals surface area (Å²) in [5.74, 6) is -0.577. The van der Waals surface area contributed by atoms with Crippen LogP contribution in [0.5, 0.6) is 0 Å². The second-order valence-electron chi connectivity index (χ2n) is 23.6. The van der Waals surface area contributed by atoms with Crippen molar-refractivity contribution < 1.29 is 37.3 Å². The van der Waals surface area contributed by atoms with Crippen molar-refractivity contribution in [1.29, 1.82) is 0 Å². The number of amides is 1. The fourth-order valence-corrected chi connectivity index (χ4v) is 9.92. The Hall–Kier alpha value is -3.33. The molecule has 472 valence electrons. The second-order valence-corrected chi connectivity index (χ2v) is 25.0. The van der Waals surface area contributed by atoms with Crippen LogP contribution in [0.1, 0.15) is 284 Å². The van der Waals surface area contributed by atoms with Crippen molar-refractivity contribution in [3.63, 3.8) is 0 Å². The van der Waals surface area contributed by atoms with Gasteiger partial charge in [0, 0.05) is 12.8 Å². The van der Waals surface area contributed by atoms with Gasteiger partial charge in [-0.05, 0) is 122 Å². The van der Waals surface area contributed by atoms with Gasteiger partial charge in [0.05, 0.1) is 33.8 Å². The summed E-state index contributed by atoms with van der Waals surface area (Å²) < 4.78 is 30.4. The quantitative estimate of drug-likeness (QED) is 0.0212. The molecule has 10 heteroatoms. The molecule has 0 spiro atoms. The number of phosphoric ester groups is 1. The number of hydrogen-bond acceptors (Lipinski definition) is 7. The number of carbonyl (C=O) groups is 2. The molecule has 82 heavy (non-hydrogen) atoms. The molecule has 1 amide bonds. The normalized spacial score (nSPS) is 14.3. The van der Waals surface area contributed by atoms with Gasteiger partial charge in [-0.1, -0.05) is 259 Å². The summed E-state index contributed by atoms with van der Waals surface area (Å²) in [5.41, 5.74) is 0. The minimum atomic E-state index is -4.72. The summed E-state index contributed by atoms with van der Waals surface area (Å²) in [7, 11) is 1.15. The molecule has 9 nitrogen and oxygen atoms in total. The van der Waals surface area contributed by atoms with Gasteiger partial charge < -0.3 is 28.5 Å². The van der Waals surface area contributed by atoms with Crippen molar-refractivity contribution >= 4 is 19.7 Å². The van der Waals surface area contributed by atoms with E-state index in [2.05, 4.69) is 123 Å². The van der Waals surface area contributed by atoms with Crippen molar-refractivity contribution in [2.75, 3.05) is 40.9 Å². The molecule has 0 radical (unpaired) electrons.